The van der Waals surface area contributed by atoms with Crippen molar-refractivity contribution in [3.63, 3.8) is 0 Å². The van der Waals surface area contributed by atoms with E-state index in [2.05, 4.69) is 4.57 Å². The predicted octanol–water partition coefficient (Wildman–Crippen LogP) is 2.81. The highest BCUT2D eigenvalue weighted by atomic mass is 19.1. The maximum atomic E-state index is 13.7. The van der Waals surface area contributed by atoms with Crippen LogP contribution in [-0.2, 0) is 21.8 Å². The molecule has 2 bridgehead atoms. The molecular weight excluding hydrogens is 283 g/mol. The molecule has 2 atom stereocenters. The summed E-state index contributed by atoms with van der Waals surface area (Å²) in [7, 11) is 0. The van der Waals surface area contributed by atoms with Crippen LogP contribution in [0.1, 0.15) is 11.4 Å². The Labute approximate surface area is 126 Å². The van der Waals surface area contributed by atoms with Crippen molar-refractivity contribution in [3.8, 4) is 0 Å². The van der Waals surface area contributed by atoms with E-state index in [0.717, 1.165) is 11.0 Å². The molecule has 5 heteroatoms. The number of imidazole rings is 1. The number of fused-ring (bicyclic) bond motifs is 6. The summed E-state index contributed by atoms with van der Waals surface area (Å²) < 4.78 is 27.9. The van der Waals surface area contributed by atoms with Gasteiger partial charge in [-0.05, 0) is 24.3 Å². The molecule has 0 saturated carbocycles. The number of rotatable bonds is 1. The zero-order valence-corrected chi connectivity index (χ0v) is 11.7. The van der Waals surface area contributed by atoms with Crippen molar-refractivity contribution in [2.24, 2.45) is 0 Å². The van der Waals surface area contributed by atoms with Gasteiger partial charge in [-0.1, -0.05) is 24.3 Å². The molecule has 2 aliphatic rings. The van der Waals surface area contributed by atoms with Crippen molar-refractivity contribution in [2.45, 2.75) is 18.4 Å². The summed E-state index contributed by atoms with van der Waals surface area (Å²) in [5.74, 6) is -0.729. The molecule has 0 radical (unpaired) electrons. The lowest BCUT2D eigenvalue weighted by Crippen LogP contribution is -2.38. The Hall–Kier alpha value is -2.24. The fraction of sp³-hybridized carbons (Fsp3) is 0.235. The molecule has 1 fully saturated rings. The lowest BCUT2D eigenvalue weighted by atomic mass is 10.0. The van der Waals surface area contributed by atoms with Crippen LogP contribution in [0.15, 0.2) is 48.5 Å². The average Bonchev–Trinajstić information content (AvgIpc) is 3.09. The van der Waals surface area contributed by atoms with Gasteiger partial charge in [0.15, 0.2) is 5.82 Å². The summed E-state index contributed by atoms with van der Waals surface area (Å²) in [4.78, 5) is 4.70. The van der Waals surface area contributed by atoms with Crippen LogP contribution < -0.4 is 0 Å². The van der Waals surface area contributed by atoms with Crippen molar-refractivity contribution in [2.75, 3.05) is 6.61 Å². The van der Waals surface area contributed by atoms with Gasteiger partial charge in [0, 0.05) is 5.56 Å². The molecule has 0 amide bonds. The molecule has 2 aromatic carbocycles. The Morgan fingerprint density at radius 1 is 1.18 bits per heavy atom. The van der Waals surface area contributed by atoms with Crippen LogP contribution in [0.5, 0.6) is 0 Å². The van der Waals surface area contributed by atoms with Gasteiger partial charge in [-0.25, -0.2) is 9.37 Å². The van der Waals surface area contributed by atoms with E-state index in [0.29, 0.717) is 24.5 Å². The van der Waals surface area contributed by atoms with Crippen LogP contribution in [0.2, 0.25) is 0 Å². The molecule has 22 heavy (non-hydrogen) atoms. The number of nitrogens with zero attached hydrogens (tertiary/aromatic N) is 2. The van der Waals surface area contributed by atoms with E-state index in [1.807, 2.05) is 30.3 Å². The van der Waals surface area contributed by atoms with E-state index in [1.54, 1.807) is 6.07 Å². The highest BCUT2D eigenvalue weighted by Crippen LogP contribution is 2.44. The molecule has 110 valence electrons. The summed E-state index contributed by atoms with van der Waals surface area (Å²) in [6.45, 7) is 1.18. The van der Waals surface area contributed by atoms with Gasteiger partial charge in [0.05, 0.1) is 24.2 Å². The van der Waals surface area contributed by atoms with Crippen LogP contribution in [0.25, 0.3) is 11.0 Å². The number of para-hydroxylation sites is 2. The summed E-state index contributed by atoms with van der Waals surface area (Å²) in [6, 6.07) is 14.3. The van der Waals surface area contributed by atoms with Crippen molar-refractivity contribution >= 4 is 11.0 Å². The first kappa shape index (κ1) is 12.3. The summed E-state index contributed by atoms with van der Waals surface area (Å²) in [6.07, 6.45) is -0.0478. The van der Waals surface area contributed by atoms with E-state index >= 15 is 0 Å². The van der Waals surface area contributed by atoms with Crippen LogP contribution in [0.3, 0.4) is 0 Å². The molecule has 1 aromatic heterocycles. The monoisotopic (exact) mass is 296 g/mol. The number of ether oxygens (including phenoxy) is 2. The van der Waals surface area contributed by atoms with E-state index in [1.165, 1.54) is 12.1 Å². The van der Waals surface area contributed by atoms with Gasteiger partial charge >= 0.3 is 0 Å². The number of aromatic nitrogens is 2. The topological polar surface area (TPSA) is 36.3 Å². The van der Waals surface area contributed by atoms with E-state index in [-0.39, 0.29) is 11.9 Å². The van der Waals surface area contributed by atoms with E-state index < -0.39 is 5.79 Å². The maximum absolute atomic E-state index is 13.7. The number of halogens is 1. The first-order chi connectivity index (χ1) is 10.8. The van der Waals surface area contributed by atoms with Crippen LogP contribution in [-0.4, -0.2) is 22.3 Å². The van der Waals surface area contributed by atoms with Gasteiger partial charge in [-0.15, -0.1) is 0 Å². The largest absolute Gasteiger partial charge is 0.337 e. The molecule has 1 saturated heterocycles. The highest BCUT2D eigenvalue weighted by Gasteiger charge is 2.52. The van der Waals surface area contributed by atoms with Crippen molar-refractivity contribution in [3.05, 3.63) is 65.7 Å². The molecular formula is C17H13FN2O2. The summed E-state index contributed by atoms with van der Waals surface area (Å²) in [5.41, 5.74) is 2.59. The fourth-order valence-corrected chi connectivity index (χ4v) is 3.41. The molecule has 4 nitrogen and oxygen atoms in total. The summed E-state index contributed by atoms with van der Waals surface area (Å²) in [5, 5.41) is 0. The lowest BCUT2D eigenvalue weighted by molar-refractivity contribution is -0.163. The number of benzene rings is 2. The Bertz CT molecular complexity index is 891. The minimum Gasteiger partial charge on any atom is -0.337 e. The Balaban J connectivity index is 1.81. The standard InChI is InChI=1S/C17H13FN2O2/c18-12-5-3-4-11(8-12)17-16-19-14-6-1-2-7-15(14)20(16)9-13(22-17)10-21-17/h1-8,13H,9-10H2. The Morgan fingerprint density at radius 3 is 3.00 bits per heavy atom. The van der Waals surface area contributed by atoms with E-state index in [4.69, 9.17) is 14.5 Å². The van der Waals surface area contributed by atoms with Gasteiger partial charge in [0.1, 0.15) is 11.9 Å². The van der Waals surface area contributed by atoms with Gasteiger partial charge < -0.3 is 14.0 Å². The second-order valence-corrected chi connectivity index (χ2v) is 5.71. The second-order valence-electron chi connectivity index (χ2n) is 5.71. The third-order valence-electron chi connectivity index (χ3n) is 4.34. The molecule has 0 aliphatic carbocycles. The molecule has 2 aliphatic heterocycles. The number of hydrogen-bond donors (Lipinski definition) is 0. The van der Waals surface area contributed by atoms with Gasteiger partial charge in [-0.3, -0.25) is 0 Å². The van der Waals surface area contributed by atoms with Crippen molar-refractivity contribution < 1.29 is 13.9 Å². The highest BCUT2D eigenvalue weighted by molar-refractivity contribution is 5.76. The molecule has 3 heterocycles. The third-order valence-corrected chi connectivity index (χ3v) is 4.34. The molecule has 5 rings (SSSR count). The second kappa shape index (κ2) is 4.15. The minimum absolute atomic E-state index is 0.0478. The first-order valence-electron chi connectivity index (χ1n) is 7.30. The first-order valence-corrected chi connectivity index (χ1v) is 7.30. The maximum Gasteiger partial charge on any atom is 0.256 e. The SMILES string of the molecule is Fc1cccc(C23OCC(Cn4c2nc2ccccc24)O3)c1. The minimum atomic E-state index is -1.11. The number of hydrogen-bond acceptors (Lipinski definition) is 3. The van der Waals surface area contributed by atoms with Crippen molar-refractivity contribution in [1.82, 2.24) is 9.55 Å². The third kappa shape index (κ3) is 1.50. The fourth-order valence-electron chi connectivity index (χ4n) is 3.41. The molecule has 0 spiro atoms. The normalized spacial score (nSPS) is 26.3. The molecule has 3 aromatic rings. The zero-order valence-electron chi connectivity index (χ0n) is 11.7. The van der Waals surface area contributed by atoms with Gasteiger partial charge in [0.2, 0.25) is 0 Å². The van der Waals surface area contributed by atoms with Gasteiger partial charge in [-0.2, -0.15) is 0 Å². The average molecular weight is 296 g/mol. The van der Waals surface area contributed by atoms with Crippen molar-refractivity contribution in [1.29, 1.82) is 0 Å². The van der Waals surface area contributed by atoms with Gasteiger partial charge in [0.25, 0.3) is 5.79 Å². The van der Waals surface area contributed by atoms with Crippen LogP contribution in [0, 0.1) is 5.82 Å². The molecule has 0 N–H and O–H groups in total. The Kier molecular flexibility index (Phi) is 2.32. The quantitative estimate of drug-likeness (QED) is 0.693. The lowest BCUT2D eigenvalue weighted by Gasteiger charge is -2.32. The van der Waals surface area contributed by atoms with Crippen LogP contribution >= 0.6 is 0 Å². The molecule has 2 unspecified atom stereocenters. The van der Waals surface area contributed by atoms with E-state index in [9.17, 15) is 4.39 Å². The smallest absolute Gasteiger partial charge is 0.256 e. The van der Waals surface area contributed by atoms with Crippen LogP contribution in [0.4, 0.5) is 4.39 Å². The predicted molar refractivity (Wildman–Crippen MR) is 77.7 cm³/mol. The summed E-state index contributed by atoms with van der Waals surface area (Å²) >= 11 is 0. The Morgan fingerprint density at radius 2 is 2.09 bits per heavy atom. The zero-order chi connectivity index (χ0) is 14.7.